The van der Waals surface area contributed by atoms with Crippen LogP contribution in [0.2, 0.25) is 5.02 Å². The van der Waals surface area contributed by atoms with Crippen molar-refractivity contribution in [3.05, 3.63) is 65.2 Å². The van der Waals surface area contributed by atoms with Crippen LogP contribution in [0, 0.1) is 0 Å². The van der Waals surface area contributed by atoms with Gasteiger partial charge in [0.05, 0.1) is 17.3 Å². The van der Waals surface area contributed by atoms with Gasteiger partial charge in [-0.25, -0.2) is 0 Å². The van der Waals surface area contributed by atoms with Crippen molar-refractivity contribution in [1.82, 2.24) is 9.80 Å². The van der Waals surface area contributed by atoms with E-state index in [1.165, 1.54) is 0 Å². The van der Waals surface area contributed by atoms with Gasteiger partial charge in [-0.2, -0.15) is 0 Å². The zero-order valence-corrected chi connectivity index (χ0v) is 15.3. The summed E-state index contributed by atoms with van der Waals surface area (Å²) in [4.78, 5) is 18.8. The van der Waals surface area contributed by atoms with E-state index in [9.17, 15) is 4.79 Å². The van der Waals surface area contributed by atoms with Crippen molar-refractivity contribution in [2.45, 2.75) is 6.54 Å². The molecule has 1 aliphatic rings. The van der Waals surface area contributed by atoms with Crippen LogP contribution in [-0.2, 0) is 11.3 Å². The van der Waals surface area contributed by atoms with E-state index in [0.717, 1.165) is 42.5 Å². The van der Waals surface area contributed by atoms with Gasteiger partial charge in [-0.3, -0.25) is 9.69 Å². The maximum absolute atomic E-state index is 12.5. The fraction of sp³-hybridized carbons (Fsp3) is 0.350. The number of likely N-dealkylation sites (N-methyl/N-ethyl adjacent to an activating group) is 1. The third kappa shape index (κ3) is 4.74. The van der Waals surface area contributed by atoms with Crippen LogP contribution in [0.3, 0.4) is 0 Å². The molecule has 132 valence electrons. The molecule has 0 bridgehead atoms. The molecule has 1 aliphatic heterocycles. The Morgan fingerprint density at radius 1 is 1.00 bits per heavy atom. The number of halogens is 1. The van der Waals surface area contributed by atoms with Crippen LogP contribution in [0.4, 0.5) is 5.69 Å². The number of anilines is 1. The van der Waals surface area contributed by atoms with Gasteiger partial charge in [-0.1, -0.05) is 54.1 Å². The summed E-state index contributed by atoms with van der Waals surface area (Å²) in [6.45, 7) is 4.64. The number of carbonyl (C=O) groups excluding carboxylic acids is 1. The second kappa shape index (κ2) is 8.37. The van der Waals surface area contributed by atoms with Gasteiger partial charge in [0, 0.05) is 39.8 Å². The quantitative estimate of drug-likeness (QED) is 0.822. The summed E-state index contributed by atoms with van der Waals surface area (Å²) in [7, 11) is 1.87. The van der Waals surface area contributed by atoms with E-state index in [-0.39, 0.29) is 5.91 Å². The highest BCUT2D eigenvalue weighted by molar-refractivity contribution is 6.33. The lowest BCUT2D eigenvalue weighted by Crippen LogP contribution is -2.49. The fourth-order valence-corrected chi connectivity index (χ4v) is 3.37. The molecule has 0 aromatic heterocycles. The van der Waals surface area contributed by atoms with Crippen molar-refractivity contribution in [3.63, 3.8) is 0 Å². The molecule has 1 amide bonds. The van der Waals surface area contributed by atoms with Crippen LogP contribution >= 0.6 is 11.6 Å². The van der Waals surface area contributed by atoms with Crippen LogP contribution in [0.25, 0.3) is 0 Å². The molecule has 0 unspecified atom stereocenters. The number of carbonyl (C=O) groups is 1. The number of benzene rings is 2. The van der Waals surface area contributed by atoms with Gasteiger partial charge in [-0.05, 0) is 17.7 Å². The zero-order valence-electron chi connectivity index (χ0n) is 14.6. The lowest BCUT2D eigenvalue weighted by atomic mass is 10.2. The highest BCUT2D eigenvalue weighted by atomic mass is 35.5. The van der Waals surface area contributed by atoms with E-state index in [0.29, 0.717) is 13.1 Å². The molecule has 4 nitrogen and oxygen atoms in total. The first kappa shape index (κ1) is 17.8. The van der Waals surface area contributed by atoms with E-state index in [1.807, 2.05) is 55.6 Å². The molecule has 1 fully saturated rings. The van der Waals surface area contributed by atoms with Gasteiger partial charge < -0.3 is 9.80 Å². The van der Waals surface area contributed by atoms with E-state index in [4.69, 9.17) is 11.6 Å². The number of nitrogens with zero attached hydrogens (tertiary/aromatic N) is 3. The Hall–Kier alpha value is -2.04. The maximum Gasteiger partial charge on any atom is 0.236 e. The Bertz CT molecular complexity index is 699. The average molecular weight is 358 g/mol. The molecule has 1 saturated heterocycles. The smallest absolute Gasteiger partial charge is 0.236 e. The van der Waals surface area contributed by atoms with Crippen molar-refractivity contribution in [2.75, 3.05) is 44.7 Å². The first-order valence-electron chi connectivity index (χ1n) is 8.63. The Kier molecular flexibility index (Phi) is 5.95. The lowest BCUT2D eigenvalue weighted by molar-refractivity contribution is -0.131. The van der Waals surface area contributed by atoms with Crippen LogP contribution < -0.4 is 4.90 Å². The van der Waals surface area contributed by atoms with Gasteiger partial charge in [0.2, 0.25) is 5.91 Å². The molecule has 0 aliphatic carbocycles. The zero-order chi connectivity index (χ0) is 17.6. The van der Waals surface area contributed by atoms with Crippen LogP contribution in [0.1, 0.15) is 5.56 Å². The number of rotatable bonds is 5. The Morgan fingerprint density at radius 3 is 2.32 bits per heavy atom. The van der Waals surface area contributed by atoms with E-state index < -0.39 is 0 Å². The molecule has 3 rings (SSSR count). The van der Waals surface area contributed by atoms with Crippen molar-refractivity contribution in [1.29, 1.82) is 0 Å². The predicted octanol–water partition coefficient (Wildman–Crippen LogP) is 3.12. The third-order valence-electron chi connectivity index (χ3n) is 4.61. The molecule has 2 aromatic rings. The molecule has 25 heavy (non-hydrogen) atoms. The van der Waals surface area contributed by atoms with E-state index in [2.05, 4.69) is 15.9 Å². The predicted molar refractivity (Wildman–Crippen MR) is 103 cm³/mol. The summed E-state index contributed by atoms with van der Waals surface area (Å²) in [5.41, 5.74) is 2.23. The number of para-hydroxylation sites is 1. The molecule has 2 aromatic carbocycles. The molecular formula is C20H24ClN3O. The highest BCUT2D eigenvalue weighted by Crippen LogP contribution is 2.25. The second-order valence-electron chi connectivity index (χ2n) is 6.45. The summed E-state index contributed by atoms with van der Waals surface area (Å²) >= 11 is 6.28. The molecule has 0 N–H and O–H groups in total. The second-order valence-corrected chi connectivity index (χ2v) is 6.86. The Balaban J connectivity index is 1.48. The highest BCUT2D eigenvalue weighted by Gasteiger charge is 2.21. The number of hydrogen-bond acceptors (Lipinski definition) is 3. The van der Waals surface area contributed by atoms with Crippen molar-refractivity contribution < 1.29 is 4.79 Å². The maximum atomic E-state index is 12.5. The number of hydrogen-bond donors (Lipinski definition) is 0. The van der Waals surface area contributed by atoms with E-state index >= 15 is 0 Å². The number of piperazine rings is 1. The molecule has 1 heterocycles. The SMILES string of the molecule is CN(Cc1ccccc1)C(=O)CN1CCN(c2ccccc2Cl)CC1. The summed E-state index contributed by atoms with van der Waals surface area (Å²) in [5.74, 6) is 0.162. The average Bonchev–Trinajstić information content (AvgIpc) is 2.64. The van der Waals surface area contributed by atoms with Gasteiger partial charge in [0.15, 0.2) is 0 Å². The van der Waals surface area contributed by atoms with Gasteiger partial charge >= 0.3 is 0 Å². The molecular weight excluding hydrogens is 334 g/mol. The third-order valence-corrected chi connectivity index (χ3v) is 4.93. The minimum absolute atomic E-state index is 0.162. The minimum atomic E-state index is 0.162. The van der Waals surface area contributed by atoms with Crippen molar-refractivity contribution >= 4 is 23.2 Å². The topological polar surface area (TPSA) is 26.8 Å². The fourth-order valence-electron chi connectivity index (χ4n) is 3.11. The summed E-state index contributed by atoms with van der Waals surface area (Å²) in [5, 5.41) is 0.787. The van der Waals surface area contributed by atoms with Crippen molar-refractivity contribution in [2.24, 2.45) is 0 Å². The van der Waals surface area contributed by atoms with E-state index in [1.54, 1.807) is 4.90 Å². The van der Waals surface area contributed by atoms with Gasteiger partial charge in [0.1, 0.15) is 0 Å². The molecule has 0 radical (unpaired) electrons. The van der Waals surface area contributed by atoms with Gasteiger partial charge in [-0.15, -0.1) is 0 Å². The molecule has 0 atom stereocenters. The van der Waals surface area contributed by atoms with Gasteiger partial charge in [0.25, 0.3) is 0 Å². The standard InChI is InChI=1S/C20H24ClN3O/c1-22(15-17-7-3-2-4-8-17)20(25)16-23-11-13-24(14-12-23)19-10-6-5-9-18(19)21/h2-10H,11-16H2,1H3. The summed E-state index contributed by atoms with van der Waals surface area (Å²) < 4.78 is 0. The van der Waals surface area contributed by atoms with Crippen molar-refractivity contribution in [3.8, 4) is 0 Å². The molecule has 0 spiro atoms. The lowest BCUT2D eigenvalue weighted by Gasteiger charge is -2.36. The molecule has 5 heteroatoms. The first-order chi connectivity index (χ1) is 12.1. The minimum Gasteiger partial charge on any atom is -0.368 e. The van der Waals surface area contributed by atoms with Crippen LogP contribution in [-0.4, -0.2) is 55.5 Å². The first-order valence-corrected chi connectivity index (χ1v) is 9.01. The Morgan fingerprint density at radius 2 is 1.64 bits per heavy atom. The summed E-state index contributed by atoms with van der Waals surface area (Å²) in [6.07, 6.45) is 0. The largest absolute Gasteiger partial charge is 0.368 e. The summed E-state index contributed by atoms with van der Waals surface area (Å²) in [6, 6.07) is 18.0. The van der Waals surface area contributed by atoms with Crippen LogP contribution in [0.15, 0.2) is 54.6 Å². The Labute approximate surface area is 154 Å². The monoisotopic (exact) mass is 357 g/mol. The molecule has 0 saturated carbocycles. The normalized spacial score (nSPS) is 15.2. The van der Waals surface area contributed by atoms with Crippen LogP contribution in [0.5, 0.6) is 0 Å². The number of amides is 1.